The van der Waals surface area contributed by atoms with Crippen LogP contribution in [-0.4, -0.2) is 45.6 Å². The van der Waals surface area contributed by atoms with Gasteiger partial charge >= 0.3 is 5.97 Å². The molecular formula is C28H28N2O7S. The first kappa shape index (κ1) is 26.7. The summed E-state index contributed by atoms with van der Waals surface area (Å²) < 4.78 is 29.0. The van der Waals surface area contributed by atoms with Crippen LogP contribution < -0.4 is 33.8 Å². The van der Waals surface area contributed by atoms with E-state index in [9.17, 15) is 9.59 Å². The van der Waals surface area contributed by atoms with Crippen molar-refractivity contribution in [2.75, 3.05) is 35.0 Å². The van der Waals surface area contributed by atoms with Gasteiger partial charge in [0, 0.05) is 11.6 Å². The zero-order chi connectivity index (χ0) is 27.4. The number of aromatic nitrogens is 1. The van der Waals surface area contributed by atoms with Crippen molar-refractivity contribution in [3.8, 4) is 23.0 Å². The second-order valence-corrected chi connectivity index (χ2v) is 9.20. The van der Waals surface area contributed by atoms with Crippen LogP contribution in [0.5, 0.6) is 23.0 Å². The predicted octanol–water partition coefficient (Wildman–Crippen LogP) is 3.00. The van der Waals surface area contributed by atoms with Gasteiger partial charge < -0.3 is 23.7 Å². The summed E-state index contributed by atoms with van der Waals surface area (Å²) in [5.41, 5.74) is 1.72. The molecule has 4 rings (SSSR count). The Morgan fingerprint density at radius 3 is 2.42 bits per heavy atom. The molecule has 1 aliphatic rings. The van der Waals surface area contributed by atoms with Crippen LogP contribution in [0.1, 0.15) is 24.1 Å². The maximum atomic E-state index is 13.9. The largest absolute Gasteiger partial charge is 0.497 e. The quantitative estimate of drug-likeness (QED) is 0.306. The Labute approximate surface area is 223 Å². The number of carbonyl (C=O) groups is 1. The van der Waals surface area contributed by atoms with Crippen LogP contribution in [0.3, 0.4) is 0 Å². The molecule has 10 heteroatoms. The summed E-state index contributed by atoms with van der Waals surface area (Å²) in [4.78, 5) is 32.1. The number of benzene rings is 2. The highest BCUT2D eigenvalue weighted by atomic mass is 32.1. The third-order valence-corrected chi connectivity index (χ3v) is 7.01. The van der Waals surface area contributed by atoms with E-state index in [-0.39, 0.29) is 17.7 Å². The number of hydrogen-bond acceptors (Lipinski definition) is 9. The molecule has 0 radical (unpaired) electrons. The number of fused-ring (bicyclic) bond motifs is 1. The van der Waals surface area contributed by atoms with Crippen LogP contribution in [0, 0.1) is 0 Å². The molecule has 0 amide bonds. The van der Waals surface area contributed by atoms with Crippen LogP contribution in [0.4, 0.5) is 0 Å². The lowest BCUT2D eigenvalue weighted by Gasteiger charge is -2.25. The molecule has 38 heavy (non-hydrogen) atoms. The normalized spacial score (nSPS) is 14.9. The van der Waals surface area contributed by atoms with Crippen molar-refractivity contribution < 1.29 is 28.5 Å². The predicted molar refractivity (Wildman–Crippen MR) is 144 cm³/mol. The number of allylic oxidation sites excluding steroid dienone is 1. The highest BCUT2D eigenvalue weighted by Crippen LogP contribution is 2.36. The maximum Gasteiger partial charge on any atom is 0.338 e. The molecule has 0 fully saturated rings. The molecule has 2 aromatic carbocycles. The maximum absolute atomic E-state index is 13.9. The Kier molecular flexibility index (Phi) is 8.02. The van der Waals surface area contributed by atoms with Gasteiger partial charge in [-0.3, -0.25) is 9.36 Å². The van der Waals surface area contributed by atoms with Gasteiger partial charge in [-0.05, 0) is 42.8 Å². The lowest BCUT2D eigenvalue weighted by Crippen LogP contribution is -2.40. The number of thiazole rings is 1. The Hall–Kier alpha value is -4.31. The van der Waals surface area contributed by atoms with E-state index in [1.165, 1.54) is 36.2 Å². The van der Waals surface area contributed by atoms with Crippen LogP contribution in [0.2, 0.25) is 0 Å². The minimum Gasteiger partial charge on any atom is -0.497 e. The molecule has 0 spiro atoms. The number of rotatable bonds is 9. The third kappa shape index (κ3) is 4.95. The summed E-state index contributed by atoms with van der Waals surface area (Å²) in [5, 5.41) is 0. The molecule has 3 aromatic rings. The lowest BCUT2D eigenvalue weighted by atomic mass is 9.95. The summed E-state index contributed by atoms with van der Waals surface area (Å²) in [6.45, 7) is 5.36. The number of nitrogens with zero attached hydrogens (tertiary/aromatic N) is 2. The van der Waals surface area contributed by atoms with Crippen LogP contribution in [-0.2, 0) is 9.53 Å². The zero-order valence-corrected chi connectivity index (χ0v) is 22.6. The molecule has 0 saturated heterocycles. The fourth-order valence-corrected chi connectivity index (χ4v) is 5.25. The second-order valence-electron chi connectivity index (χ2n) is 8.19. The van der Waals surface area contributed by atoms with Crippen LogP contribution >= 0.6 is 11.3 Å². The Balaban J connectivity index is 1.96. The van der Waals surface area contributed by atoms with Gasteiger partial charge in [0.15, 0.2) is 16.3 Å². The number of ether oxygens (including phenoxy) is 5. The van der Waals surface area contributed by atoms with Gasteiger partial charge in [0.05, 0.1) is 50.3 Å². The van der Waals surface area contributed by atoms with Gasteiger partial charge in [-0.25, -0.2) is 9.79 Å². The van der Waals surface area contributed by atoms with Crippen LogP contribution in [0.25, 0.3) is 6.08 Å². The number of carbonyl (C=O) groups excluding carboxylic acids is 1. The van der Waals surface area contributed by atoms with Crippen molar-refractivity contribution in [3.05, 3.63) is 91.1 Å². The van der Waals surface area contributed by atoms with Crippen molar-refractivity contribution in [2.45, 2.75) is 13.0 Å². The SMILES string of the molecule is C=CCOC(=O)C1=C(C)N=c2s/c(=C\c3ccc(OC)cc3OC)c(=O)n2[C@@H]1c1ccc(OC)c(OC)c1. The van der Waals surface area contributed by atoms with E-state index in [0.29, 0.717) is 49.2 Å². The van der Waals surface area contributed by atoms with E-state index >= 15 is 0 Å². The van der Waals surface area contributed by atoms with Gasteiger partial charge in [-0.1, -0.05) is 30.1 Å². The van der Waals surface area contributed by atoms with Gasteiger partial charge in [-0.2, -0.15) is 0 Å². The Morgan fingerprint density at radius 2 is 1.76 bits per heavy atom. The number of esters is 1. The van der Waals surface area contributed by atoms with Crippen molar-refractivity contribution in [3.63, 3.8) is 0 Å². The van der Waals surface area contributed by atoms with Crippen LogP contribution in [0.15, 0.2) is 70.1 Å². The second kappa shape index (κ2) is 11.4. The highest BCUT2D eigenvalue weighted by molar-refractivity contribution is 7.07. The monoisotopic (exact) mass is 536 g/mol. The Morgan fingerprint density at radius 1 is 1.03 bits per heavy atom. The van der Waals surface area contributed by atoms with E-state index in [0.717, 1.165) is 0 Å². The zero-order valence-electron chi connectivity index (χ0n) is 21.8. The molecule has 1 aliphatic heterocycles. The van der Waals surface area contributed by atoms with Gasteiger partial charge in [0.25, 0.3) is 5.56 Å². The average Bonchev–Trinajstić information content (AvgIpc) is 3.24. The van der Waals surface area contributed by atoms with Gasteiger partial charge in [-0.15, -0.1) is 0 Å². The molecule has 0 saturated carbocycles. The summed E-state index contributed by atoms with van der Waals surface area (Å²) >= 11 is 1.22. The number of methoxy groups -OCH3 is 4. The van der Waals surface area contributed by atoms with E-state index in [2.05, 4.69) is 11.6 Å². The minimum absolute atomic E-state index is 0.0238. The summed E-state index contributed by atoms with van der Waals surface area (Å²) in [6, 6.07) is 9.80. The van der Waals surface area contributed by atoms with Crippen molar-refractivity contribution in [2.24, 2.45) is 4.99 Å². The average molecular weight is 537 g/mol. The molecule has 0 bridgehead atoms. The van der Waals surface area contributed by atoms with Gasteiger partial charge in [0.2, 0.25) is 0 Å². The molecule has 1 aromatic heterocycles. The van der Waals surface area contributed by atoms with Crippen molar-refractivity contribution in [1.82, 2.24) is 4.57 Å². The fourth-order valence-electron chi connectivity index (χ4n) is 4.21. The van der Waals surface area contributed by atoms with E-state index in [1.807, 2.05) is 6.07 Å². The van der Waals surface area contributed by atoms with Gasteiger partial charge in [0.1, 0.15) is 18.1 Å². The molecular weight excluding hydrogens is 508 g/mol. The third-order valence-electron chi connectivity index (χ3n) is 6.02. The molecule has 0 unspecified atom stereocenters. The topological polar surface area (TPSA) is 97.6 Å². The summed E-state index contributed by atoms with van der Waals surface area (Å²) in [7, 11) is 6.18. The molecule has 9 nitrogen and oxygen atoms in total. The molecule has 1 atom stereocenters. The fraction of sp³-hybridized carbons (Fsp3) is 0.250. The highest BCUT2D eigenvalue weighted by Gasteiger charge is 2.34. The summed E-state index contributed by atoms with van der Waals surface area (Å²) in [5.74, 6) is 1.58. The molecule has 0 N–H and O–H groups in total. The summed E-state index contributed by atoms with van der Waals surface area (Å²) in [6.07, 6.45) is 3.22. The molecule has 0 aliphatic carbocycles. The molecule has 198 valence electrons. The number of hydrogen-bond donors (Lipinski definition) is 0. The van der Waals surface area contributed by atoms with E-state index < -0.39 is 12.0 Å². The lowest BCUT2D eigenvalue weighted by molar-refractivity contribution is -0.138. The first-order valence-electron chi connectivity index (χ1n) is 11.6. The Bertz CT molecular complexity index is 1600. The minimum atomic E-state index is -0.803. The van der Waals surface area contributed by atoms with Crippen molar-refractivity contribution >= 4 is 23.4 Å². The molecule has 2 heterocycles. The van der Waals surface area contributed by atoms with E-state index in [1.54, 1.807) is 57.6 Å². The van der Waals surface area contributed by atoms with E-state index in [4.69, 9.17) is 23.7 Å². The first-order valence-corrected chi connectivity index (χ1v) is 12.4. The van der Waals surface area contributed by atoms with Crippen molar-refractivity contribution in [1.29, 1.82) is 0 Å². The first-order chi connectivity index (χ1) is 18.4. The smallest absolute Gasteiger partial charge is 0.338 e. The standard InChI is InChI=1S/C28H28N2O7S/c1-7-12-37-27(32)24-16(2)29-28-30(25(24)18-9-11-20(34-4)22(13-18)36-6)26(31)23(38-28)14-17-8-10-19(33-3)15-21(17)35-5/h7-11,13-15,25H,1,12H2,2-6H3/b23-14-/t25-/m1/s1.